The number of rotatable bonds is 7. The lowest BCUT2D eigenvalue weighted by Gasteiger charge is -2.31. The van der Waals surface area contributed by atoms with Gasteiger partial charge in [0.1, 0.15) is 0 Å². The average molecular weight is 375 g/mol. The number of nitrogens with zero attached hydrogens (tertiary/aromatic N) is 1. The number of halogens is 1. The second kappa shape index (κ2) is 10.7. The largest absolute Gasteiger partial charge is 0.387 e. The molecule has 0 aliphatic carbocycles. The Bertz CT molecular complexity index is 644. The van der Waals surface area contributed by atoms with Gasteiger partial charge in [0.25, 0.3) is 0 Å². The number of hydrogen-bond donors (Lipinski definition) is 2. The molecule has 2 unspecified atom stereocenters. The van der Waals surface area contributed by atoms with Gasteiger partial charge in [-0.1, -0.05) is 60.2 Å². The Morgan fingerprint density at radius 2 is 1.96 bits per heavy atom. The Kier molecular flexibility index (Phi) is 8.60. The zero-order valence-corrected chi connectivity index (χ0v) is 16.4. The smallest absolute Gasteiger partial charge is 0.0917 e. The summed E-state index contributed by atoms with van der Waals surface area (Å²) in [6.07, 6.45) is 2.09. The van der Waals surface area contributed by atoms with Crippen LogP contribution >= 0.6 is 12.4 Å². The molecular formula is C22H31ClN2O. The first-order valence-corrected chi connectivity index (χ1v) is 9.42. The fourth-order valence-electron chi connectivity index (χ4n) is 3.72. The Hall–Kier alpha value is -1.39. The monoisotopic (exact) mass is 374 g/mol. The molecule has 1 fully saturated rings. The Labute approximate surface area is 163 Å². The Balaban J connectivity index is 0.00000243. The topological polar surface area (TPSA) is 35.5 Å². The lowest BCUT2D eigenvalue weighted by Crippen LogP contribution is -2.39. The van der Waals surface area contributed by atoms with Gasteiger partial charge in [0.2, 0.25) is 0 Å². The van der Waals surface area contributed by atoms with E-state index in [1.54, 1.807) is 0 Å². The van der Waals surface area contributed by atoms with Crippen molar-refractivity contribution in [2.45, 2.75) is 32.4 Å². The molecule has 1 aliphatic heterocycles. The molecule has 0 saturated carbocycles. The van der Waals surface area contributed by atoms with E-state index in [1.165, 1.54) is 24.0 Å². The van der Waals surface area contributed by atoms with Crippen LogP contribution in [0.3, 0.4) is 0 Å². The molecule has 1 heterocycles. The van der Waals surface area contributed by atoms with Crippen LogP contribution in [0.15, 0.2) is 54.6 Å². The number of nitrogens with one attached hydrogen (secondary N) is 1. The van der Waals surface area contributed by atoms with Crippen LogP contribution in [0.1, 0.15) is 35.6 Å². The molecule has 2 aromatic rings. The molecule has 142 valence electrons. The molecule has 0 bridgehead atoms. The van der Waals surface area contributed by atoms with Crippen molar-refractivity contribution in [2.24, 2.45) is 5.92 Å². The lowest BCUT2D eigenvalue weighted by atomic mass is 9.98. The lowest BCUT2D eigenvalue weighted by molar-refractivity contribution is 0.0946. The van der Waals surface area contributed by atoms with Crippen LogP contribution in [-0.2, 0) is 6.54 Å². The number of aliphatic hydroxyl groups is 1. The number of piperidine rings is 1. The normalized spacial score (nSPS) is 18.3. The molecule has 2 aromatic carbocycles. The van der Waals surface area contributed by atoms with Crippen molar-refractivity contribution in [3.63, 3.8) is 0 Å². The summed E-state index contributed by atoms with van der Waals surface area (Å²) in [5.74, 6) is 0.669. The van der Waals surface area contributed by atoms with Crippen molar-refractivity contribution in [1.29, 1.82) is 0 Å². The maximum atomic E-state index is 10.8. The first kappa shape index (κ1) is 20.9. The summed E-state index contributed by atoms with van der Waals surface area (Å²) in [6.45, 7) is 6.90. The van der Waals surface area contributed by atoms with Crippen molar-refractivity contribution in [3.8, 4) is 0 Å². The molecule has 0 radical (unpaired) electrons. The fraction of sp³-hybridized carbons (Fsp3) is 0.455. The summed E-state index contributed by atoms with van der Waals surface area (Å²) >= 11 is 0. The summed E-state index contributed by atoms with van der Waals surface area (Å²) in [7, 11) is 0. The van der Waals surface area contributed by atoms with Gasteiger partial charge >= 0.3 is 0 Å². The van der Waals surface area contributed by atoms with E-state index in [9.17, 15) is 5.11 Å². The summed E-state index contributed by atoms with van der Waals surface area (Å²) in [4.78, 5) is 2.42. The quantitative estimate of drug-likeness (QED) is 0.770. The summed E-state index contributed by atoms with van der Waals surface area (Å²) in [6, 6.07) is 18.8. The van der Waals surface area contributed by atoms with Crippen LogP contribution < -0.4 is 5.32 Å². The van der Waals surface area contributed by atoms with Gasteiger partial charge in [-0.2, -0.15) is 0 Å². The molecule has 2 N–H and O–H groups in total. The van der Waals surface area contributed by atoms with Gasteiger partial charge in [0.05, 0.1) is 6.10 Å². The fourth-order valence-corrected chi connectivity index (χ4v) is 3.72. The first-order valence-electron chi connectivity index (χ1n) is 9.42. The third-order valence-electron chi connectivity index (χ3n) is 5.02. The van der Waals surface area contributed by atoms with E-state index in [1.807, 2.05) is 12.1 Å². The van der Waals surface area contributed by atoms with Gasteiger partial charge < -0.3 is 10.4 Å². The molecule has 4 heteroatoms. The highest BCUT2D eigenvalue weighted by Gasteiger charge is 2.20. The molecule has 0 spiro atoms. The van der Waals surface area contributed by atoms with Gasteiger partial charge in [-0.15, -0.1) is 12.4 Å². The van der Waals surface area contributed by atoms with Crippen LogP contribution in [-0.4, -0.2) is 36.2 Å². The number of benzene rings is 2. The van der Waals surface area contributed by atoms with Crippen LogP contribution in [0.2, 0.25) is 0 Å². The van der Waals surface area contributed by atoms with E-state index in [-0.39, 0.29) is 12.4 Å². The van der Waals surface area contributed by atoms with Crippen molar-refractivity contribution in [3.05, 3.63) is 71.3 Å². The predicted molar refractivity (Wildman–Crippen MR) is 111 cm³/mol. The first-order chi connectivity index (χ1) is 12.2. The van der Waals surface area contributed by atoms with E-state index in [2.05, 4.69) is 59.6 Å². The van der Waals surface area contributed by atoms with Crippen LogP contribution in [0.25, 0.3) is 0 Å². The highest BCUT2D eigenvalue weighted by Crippen LogP contribution is 2.20. The SMILES string of the molecule is Cc1cccc(C(O)CN(Cc2ccccc2)CC2CCCNC2)c1.Cl. The molecule has 0 aromatic heterocycles. The number of aryl methyl sites for hydroxylation is 1. The molecule has 3 nitrogen and oxygen atoms in total. The van der Waals surface area contributed by atoms with Gasteiger partial charge in [0, 0.05) is 19.6 Å². The predicted octanol–water partition coefficient (Wildman–Crippen LogP) is 3.95. The molecule has 26 heavy (non-hydrogen) atoms. The second-order valence-electron chi connectivity index (χ2n) is 7.32. The zero-order valence-electron chi connectivity index (χ0n) is 15.6. The van der Waals surface area contributed by atoms with Crippen molar-refractivity contribution in [1.82, 2.24) is 10.2 Å². The summed E-state index contributed by atoms with van der Waals surface area (Å²) in [5.41, 5.74) is 3.52. The van der Waals surface area contributed by atoms with Gasteiger partial charge in [-0.3, -0.25) is 4.90 Å². The maximum Gasteiger partial charge on any atom is 0.0917 e. The van der Waals surface area contributed by atoms with E-state index in [0.29, 0.717) is 12.5 Å². The molecule has 1 aliphatic rings. The highest BCUT2D eigenvalue weighted by molar-refractivity contribution is 5.85. The maximum absolute atomic E-state index is 10.8. The average Bonchev–Trinajstić information content (AvgIpc) is 2.63. The summed E-state index contributed by atoms with van der Waals surface area (Å²) in [5, 5.41) is 14.3. The van der Waals surface area contributed by atoms with E-state index < -0.39 is 6.10 Å². The van der Waals surface area contributed by atoms with Crippen LogP contribution in [0.4, 0.5) is 0 Å². The minimum Gasteiger partial charge on any atom is -0.387 e. The third kappa shape index (κ3) is 6.40. The summed E-state index contributed by atoms with van der Waals surface area (Å²) < 4.78 is 0. The van der Waals surface area contributed by atoms with Gasteiger partial charge in [-0.25, -0.2) is 0 Å². The molecule has 1 saturated heterocycles. The van der Waals surface area contributed by atoms with Crippen LogP contribution in [0.5, 0.6) is 0 Å². The van der Waals surface area contributed by atoms with Crippen molar-refractivity contribution in [2.75, 3.05) is 26.2 Å². The van der Waals surface area contributed by atoms with Crippen molar-refractivity contribution < 1.29 is 5.11 Å². The van der Waals surface area contributed by atoms with E-state index in [4.69, 9.17) is 0 Å². The van der Waals surface area contributed by atoms with Crippen LogP contribution in [0, 0.1) is 12.8 Å². The Morgan fingerprint density at radius 1 is 1.15 bits per heavy atom. The second-order valence-corrected chi connectivity index (χ2v) is 7.32. The third-order valence-corrected chi connectivity index (χ3v) is 5.02. The highest BCUT2D eigenvalue weighted by atomic mass is 35.5. The van der Waals surface area contributed by atoms with E-state index >= 15 is 0 Å². The number of aliphatic hydroxyl groups excluding tert-OH is 1. The molecule has 3 rings (SSSR count). The van der Waals surface area contributed by atoms with Crippen molar-refractivity contribution >= 4 is 12.4 Å². The molecule has 2 atom stereocenters. The molecular weight excluding hydrogens is 344 g/mol. The Morgan fingerprint density at radius 3 is 2.65 bits per heavy atom. The van der Waals surface area contributed by atoms with Gasteiger partial charge in [0.15, 0.2) is 0 Å². The molecule has 0 amide bonds. The number of hydrogen-bond acceptors (Lipinski definition) is 3. The van der Waals surface area contributed by atoms with E-state index in [0.717, 1.165) is 31.7 Å². The standard InChI is InChI=1S/C22H30N2O.ClH/c1-18-7-5-11-21(13-18)22(25)17-24(15-19-8-3-2-4-9-19)16-20-10-6-12-23-14-20;/h2-5,7-9,11,13,20,22-23,25H,6,10,12,14-17H2,1H3;1H. The minimum atomic E-state index is -0.444. The minimum absolute atomic E-state index is 0. The zero-order chi connectivity index (χ0) is 17.5. The van der Waals surface area contributed by atoms with Gasteiger partial charge in [-0.05, 0) is 49.9 Å².